The van der Waals surface area contributed by atoms with Crippen molar-refractivity contribution in [2.24, 2.45) is 0 Å². The molecule has 0 saturated carbocycles. The van der Waals surface area contributed by atoms with Crippen LogP contribution >= 0.6 is 0 Å². The van der Waals surface area contributed by atoms with E-state index >= 15 is 0 Å². The minimum absolute atomic E-state index is 0.0208. The van der Waals surface area contributed by atoms with Crippen molar-refractivity contribution in [3.05, 3.63) is 24.2 Å². The fraction of sp³-hybridized carbons (Fsp3) is 0.556. The Balaban J connectivity index is 2.04. The summed E-state index contributed by atoms with van der Waals surface area (Å²) in [5.74, 6) is 0. The highest BCUT2D eigenvalue weighted by Crippen LogP contribution is 2.27. The molecule has 1 N–H and O–H groups in total. The molecule has 2 atom stereocenters. The van der Waals surface area contributed by atoms with Crippen LogP contribution in [0.5, 0.6) is 0 Å². The summed E-state index contributed by atoms with van der Waals surface area (Å²) in [6.45, 7) is 0.636. The maximum absolute atomic E-state index is 9.37. The van der Waals surface area contributed by atoms with Crippen LogP contribution in [0.15, 0.2) is 23.0 Å². The van der Waals surface area contributed by atoms with Crippen LogP contribution in [0, 0.1) is 0 Å². The average molecular weight is 168 g/mol. The molecule has 1 aliphatic rings. The topological polar surface area (TPSA) is 42.6 Å². The Kier molecular flexibility index (Phi) is 2.15. The van der Waals surface area contributed by atoms with E-state index in [1.165, 1.54) is 0 Å². The lowest BCUT2D eigenvalue weighted by Crippen LogP contribution is -2.22. The van der Waals surface area contributed by atoms with Gasteiger partial charge in [-0.15, -0.1) is 0 Å². The van der Waals surface area contributed by atoms with Crippen molar-refractivity contribution in [1.82, 2.24) is 0 Å². The van der Waals surface area contributed by atoms with Gasteiger partial charge in [0, 0.05) is 18.6 Å². The van der Waals surface area contributed by atoms with Crippen LogP contribution in [-0.4, -0.2) is 17.8 Å². The molecule has 2 unspecified atom stereocenters. The molecule has 1 aliphatic heterocycles. The van der Waals surface area contributed by atoms with Crippen LogP contribution in [0.3, 0.4) is 0 Å². The zero-order valence-corrected chi connectivity index (χ0v) is 6.77. The summed E-state index contributed by atoms with van der Waals surface area (Å²) in [6, 6.07) is 1.88. The number of ether oxygens (including phenoxy) is 1. The highest BCUT2D eigenvalue weighted by atomic mass is 16.5. The van der Waals surface area contributed by atoms with Gasteiger partial charge in [-0.05, 0) is 12.5 Å². The number of aliphatic hydroxyl groups is 1. The minimum atomic E-state index is -0.223. The monoisotopic (exact) mass is 168 g/mol. The Morgan fingerprint density at radius 3 is 3.08 bits per heavy atom. The fourth-order valence-corrected chi connectivity index (χ4v) is 1.47. The SMILES string of the molecule is OC1CCOC(c2ccoc2)C1. The normalized spacial score (nSPS) is 30.4. The van der Waals surface area contributed by atoms with Crippen molar-refractivity contribution >= 4 is 0 Å². The molecule has 1 aromatic heterocycles. The predicted molar refractivity (Wildman–Crippen MR) is 42.6 cm³/mol. The zero-order chi connectivity index (χ0) is 8.39. The third-order valence-electron chi connectivity index (χ3n) is 2.17. The molecule has 0 amide bonds. The van der Waals surface area contributed by atoms with Crippen molar-refractivity contribution in [3.8, 4) is 0 Å². The van der Waals surface area contributed by atoms with Gasteiger partial charge in [0.1, 0.15) is 0 Å². The second-order valence-electron chi connectivity index (χ2n) is 3.09. The van der Waals surface area contributed by atoms with E-state index < -0.39 is 0 Å². The number of hydrogen-bond acceptors (Lipinski definition) is 3. The smallest absolute Gasteiger partial charge is 0.0960 e. The first-order valence-electron chi connectivity index (χ1n) is 4.18. The van der Waals surface area contributed by atoms with Gasteiger partial charge in [0.15, 0.2) is 0 Å². The molecule has 1 aromatic rings. The number of furan rings is 1. The van der Waals surface area contributed by atoms with Crippen molar-refractivity contribution in [2.45, 2.75) is 25.0 Å². The third-order valence-corrected chi connectivity index (χ3v) is 2.17. The molecule has 0 radical (unpaired) electrons. The lowest BCUT2D eigenvalue weighted by molar-refractivity contribution is -0.0449. The molecule has 3 nitrogen and oxygen atoms in total. The van der Waals surface area contributed by atoms with Gasteiger partial charge >= 0.3 is 0 Å². The predicted octanol–water partition coefficient (Wildman–Crippen LogP) is 1.49. The van der Waals surface area contributed by atoms with Crippen LogP contribution < -0.4 is 0 Å². The van der Waals surface area contributed by atoms with Gasteiger partial charge in [0.25, 0.3) is 0 Å². The highest BCUT2D eigenvalue weighted by Gasteiger charge is 2.22. The first-order valence-corrected chi connectivity index (χ1v) is 4.18. The second-order valence-corrected chi connectivity index (χ2v) is 3.09. The maximum Gasteiger partial charge on any atom is 0.0960 e. The van der Waals surface area contributed by atoms with Crippen molar-refractivity contribution in [1.29, 1.82) is 0 Å². The number of aliphatic hydroxyl groups excluding tert-OH is 1. The van der Waals surface area contributed by atoms with Gasteiger partial charge in [0.05, 0.1) is 24.7 Å². The Bertz CT molecular complexity index is 230. The second kappa shape index (κ2) is 3.29. The summed E-state index contributed by atoms with van der Waals surface area (Å²) in [5.41, 5.74) is 1.02. The Morgan fingerprint density at radius 1 is 1.50 bits per heavy atom. The van der Waals surface area contributed by atoms with Crippen LogP contribution in [0.1, 0.15) is 24.5 Å². The Morgan fingerprint density at radius 2 is 2.42 bits per heavy atom. The van der Waals surface area contributed by atoms with Crippen molar-refractivity contribution in [2.75, 3.05) is 6.61 Å². The molecule has 12 heavy (non-hydrogen) atoms. The lowest BCUT2D eigenvalue weighted by Gasteiger charge is -2.25. The quantitative estimate of drug-likeness (QED) is 0.690. The van der Waals surface area contributed by atoms with E-state index in [9.17, 15) is 5.11 Å². The summed E-state index contributed by atoms with van der Waals surface area (Å²) < 4.78 is 10.4. The lowest BCUT2D eigenvalue weighted by atomic mass is 10.0. The summed E-state index contributed by atoms with van der Waals surface area (Å²) in [7, 11) is 0. The summed E-state index contributed by atoms with van der Waals surface area (Å²) in [6.07, 6.45) is 4.52. The van der Waals surface area contributed by atoms with E-state index in [0.717, 1.165) is 12.0 Å². The van der Waals surface area contributed by atoms with Crippen LogP contribution in [0.4, 0.5) is 0 Å². The number of hydrogen-bond donors (Lipinski definition) is 1. The molecule has 3 heteroatoms. The Labute approximate surface area is 71.0 Å². The first kappa shape index (κ1) is 7.83. The summed E-state index contributed by atoms with van der Waals surface area (Å²) in [5, 5.41) is 9.37. The Hall–Kier alpha value is -0.800. The average Bonchev–Trinajstić information content (AvgIpc) is 2.56. The summed E-state index contributed by atoms with van der Waals surface area (Å²) in [4.78, 5) is 0. The maximum atomic E-state index is 9.37. The van der Waals surface area contributed by atoms with Crippen LogP contribution in [0.25, 0.3) is 0 Å². The van der Waals surface area contributed by atoms with E-state index in [4.69, 9.17) is 9.15 Å². The van der Waals surface area contributed by atoms with Gasteiger partial charge in [-0.1, -0.05) is 0 Å². The van der Waals surface area contributed by atoms with Crippen molar-refractivity contribution in [3.63, 3.8) is 0 Å². The first-order chi connectivity index (χ1) is 5.86. The van der Waals surface area contributed by atoms with E-state index in [1.807, 2.05) is 6.07 Å². The molecule has 2 rings (SSSR count). The highest BCUT2D eigenvalue weighted by molar-refractivity contribution is 5.10. The third kappa shape index (κ3) is 1.52. The largest absolute Gasteiger partial charge is 0.472 e. The molecule has 66 valence electrons. The summed E-state index contributed by atoms with van der Waals surface area (Å²) >= 11 is 0. The standard InChI is InChI=1S/C9H12O3/c10-8-2-4-12-9(5-8)7-1-3-11-6-7/h1,3,6,8-10H,2,4-5H2. The van der Waals surface area contributed by atoms with Crippen LogP contribution in [-0.2, 0) is 4.74 Å². The van der Waals surface area contributed by atoms with Gasteiger partial charge in [0.2, 0.25) is 0 Å². The van der Waals surface area contributed by atoms with E-state index in [0.29, 0.717) is 13.0 Å². The van der Waals surface area contributed by atoms with Gasteiger partial charge in [-0.2, -0.15) is 0 Å². The molecule has 1 saturated heterocycles. The van der Waals surface area contributed by atoms with Crippen molar-refractivity contribution < 1.29 is 14.3 Å². The van der Waals surface area contributed by atoms with E-state index in [1.54, 1.807) is 12.5 Å². The van der Waals surface area contributed by atoms with E-state index in [2.05, 4.69) is 0 Å². The molecular formula is C9H12O3. The van der Waals surface area contributed by atoms with Crippen LogP contribution in [0.2, 0.25) is 0 Å². The van der Waals surface area contributed by atoms with E-state index in [-0.39, 0.29) is 12.2 Å². The fourth-order valence-electron chi connectivity index (χ4n) is 1.47. The molecule has 0 spiro atoms. The zero-order valence-electron chi connectivity index (χ0n) is 6.77. The molecule has 0 aliphatic carbocycles. The molecular weight excluding hydrogens is 156 g/mol. The van der Waals surface area contributed by atoms with Gasteiger partial charge in [-0.25, -0.2) is 0 Å². The number of rotatable bonds is 1. The molecule has 0 aromatic carbocycles. The van der Waals surface area contributed by atoms with Gasteiger partial charge in [-0.3, -0.25) is 0 Å². The molecule has 0 bridgehead atoms. The molecule has 2 heterocycles. The minimum Gasteiger partial charge on any atom is -0.472 e. The van der Waals surface area contributed by atoms with Gasteiger partial charge < -0.3 is 14.3 Å². The molecule has 1 fully saturated rings.